The van der Waals surface area contributed by atoms with Crippen LogP contribution in [0.5, 0.6) is 0 Å². The molecule has 15 heavy (non-hydrogen) atoms. The Hall–Kier alpha value is -0.540. The van der Waals surface area contributed by atoms with E-state index in [1.807, 2.05) is 19.1 Å². The molecule has 82 valence electrons. The largest absolute Gasteiger partial charge is 0.298 e. The molecule has 1 N–H and O–H groups in total. The van der Waals surface area contributed by atoms with Crippen molar-refractivity contribution in [1.29, 1.82) is 0 Å². The molecule has 1 aromatic carbocycles. The summed E-state index contributed by atoms with van der Waals surface area (Å²) in [6, 6.07) is 5.85. The minimum atomic E-state index is -0.0950. The zero-order valence-electron chi connectivity index (χ0n) is 9.09. The fraction of sp³-hybridized carbons (Fsp3) is 0.500. The Balaban J connectivity index is 2.19. The average molecular weight is 225 g/mol. The van der Waals surface area contributed by atoms with Crippen LogP contribution in [0.4, 0.5) is 4.39 Å². The first-order valence-corrected chi connectivity index (χ1v) is 6.39. The van der Waals surface area contributed by atoms with E-state index in [0.29, 0.717) is 6.04 Å². The molecule has 1 aliphatic heterocycles. The van der Waals surface area contributed by atoms with Gasteiger partial charge in [-0.05, 0) is 19.4 Å². The Morgan fingerprint density at radius 2 is 2.33 bits per heavy atom. The second-order valence-corrected chi connectivity index (χ2v) is 5.15. The van der Waals surface area contributed by atoms with Crippen molar-refractivity contribution >= 4 is 11.8 Å². The van der Waals surface area contributed by atoms with Crippen molar-refractivity contribution in [2.45, 2.75) is 31.7 Å². The molecular weight excluding hydrogens is 209 g/mol. The van der Waals surface area contributed by atoms with Crippen molar-refractivity contribution in [1.82, 2.24) is 5.32 Å². The SMILES string of the molecule is CCC1CSC(c2cc(C)ccc2F)N1. The standard InChI is InChI=1S/C12H16FNS/c1-3-9-7-15-12(14-9)10-6-8(2)4-5-11(10)13/h4-6,9,12,14H,3,7H2,1-2H3. The van der Waals surface area contributed by atoms with Crippen LogP contribution in [0.3, 0.4) is 0 Å². The van der Waals surface area contributed by atoms with Gasteiger partial charge in [0, 0.05) is 17.4 Å². The van der Waals surface area contributed by atoms with E-state index < -0.39 is 0 Å². The predicted molar refractivity (Wildman–Crippen MR) is 63.6 cm³/mol. The summed E-state index contributed by atoms with van der Waals surface area (Å²) in [6.45, 7) is 4.16. The molecule has 0 radical (unpaired) electrons. The van der Waals surface area contributed by atoms with E-state index in [9.17, 15) is 4.39 Å². The van der Waals surface area contributed by atoms with Gasteiger partial charge in [-0.3, -0.25) is 5.32 Å². The quantitative estimate of drug-likeness (QED) is 0.829. The molecule has 1 saturated heterocycles. The highest BCUT2D eigenvalue weighted by atomic mass is 32.2. The molecule has 2 rings (SSSR count). The summed E-state index contributed by atoms with van der Waals surface area (Å²) in [6.07, 6.45) is 1.11. The molecule has 0 aliphatic carbocycles. The van der Waals surface area contributed by atoms with Gasteiger partial charge in [0.15, 0.2) is 0 Å². The highest BCUT2D eigenvalue weighted by Gasteiger charge is 2.26. The lowest BCUT2D eigenvalue weighted by Gasteiger charge is -2.13. The van der Waals surface area contributed by atoms with Gasteiger partial charge in [0.1, 0.15) is 5.82 Å². The number of nitrogens with one attached hydrogen (secondary N) is 1. The first-order valence-electron chi connectivity index (χ1n) is 5.34. The Bertz CT molecular complexity index is 353. The van der Waals surface area contributed by atoms with Crippen LogP contribution in [0, 0.1) is 12.7 Å². The summed E-state index contributed by atoms with van der Waals surface area (Å²) in [4.78, 5) is 0. The summed E-state index contributed by atoms with van der Waals surface area (Å²) in [5.41, 5.74) is 1.92. The Labute approximate surface area is 94.5 Å². The van der Waals surface area contributed by atoms with Crippen LogP contribution in [-0.4, -0.2) is 11.8 Å². The number of aryl methyl sites for hydroxylation is 1. The maximum atomic E-state index is 13.6. The molecule has 3 heteroatoms. The molecule has 0 amide bonds. The highest BCUT2D eigenvalue weighted by Crippen LogP contribution is 2.35. The second-order valence-electron chi connectivity index (χ2n) is 4.01. The van der Waals surface area contributed by atoms with E-state index in [1.165, 1.54) is 0 Å². The monoisotopic (exact) mass is 225 g/mol. The topological polar surface area (TPSA) is 12.0 Å². The van der Waals surface area contributed by atoms with Gasteiger partial charge in [-0.25, -0.2) is 4.39 Å². The van der Waals surface area contributed by atoms with Gasteiger partial charge >= 0.3 is 0 Å². The van der Waals surface area contributed by atoms with Crippen molar-refractivity contribution in [3.63, 3.8) is 0 Å². The number of thioether (sulfide) groups is 1. The third-order valence-electron chi connectivity index (χ3n) is 2.78. The summed E-state index contributed by atoms with van der Waals surface area (Å²) < 4.78 is 13.6. The first kappa shape index (κ1) is 11.0. The van der Waals surface area contributed by atoms with Crippen LogP contribution >= 0.6 is 11.8 Å². The fourth-order valence-electron chi connectivity index (χ4n) is 1.80. The second kappa shape index (κ2) is 4.54. The van der Waals surface area contributed by atoms with Crippen molar-refractivity contribution in [3.05, 3.63) is 35.1 Å². The molecule has 1 nitrogen and oxygen atoms in total. The maximum Gasteiger partial charge on any atom is 0.128 e. The zero-order valence-corrected chi connectivity index (χ0v) is 9.90. The van der Waals surface area contributed by atoms with Crippen LogP contribution in [-0.2, 0) is 0 Å². The molecule has 1 heterocycles. The molecule has 2 atom stereocenters. The molecule has 1 fully saturated rings. The van der Waals surface area contributed by atoms with Crippen molar-refractivity contribution in [2.75, 3.05) is 5.75 Å². The number of hydrogen-bond acceptors (Lipinski definition) is 2. The van der Waals surface area contributed by atoms with Crippen LogP contribution in [0.1, 0.15) is 29.8 Å². The molecule has 1 aromatic rings. The number of halogens is 1. The smallest absolute Gasteiger partial charge is 0.128 e. The van der Waals surface area contributed by atoms with Gasteiger partial charge in [0.2, 0.25) is 0 Å². The zero-order chi connectivity index (χ0) is 10.8. The number of hydrogen-bond donors (Lipinski definition) is 1. The first-order chi connectivity index (χ1) is 7.20. The van der Waals surface area contributed by atoms with E-state index in [1.54, 1.807) is 17.8 Å². The van der Waals surface area contributed by atoms with E-state index in [2.05, 4.69) is 12.2 Å². The minimum absolute atomic E-state index is 0.0950. The van der Waals surface area contributed by atoms with Gasteiger partial charge in [-0.2, -0.15) is 0 Å². The van der Waals surface area contributed by atoms with Gasteiger partial charge < -0.3 is 0 Å². The lowest BCUT2D eigenvalue weighted by molar-refractivity contribution is 0.538. The summed E-state index contributed by atoms with van der Waals surface area (Å²) in [7, 11) is 0. The van der Waals surface area contributed by atoms with Gasteiger partial charge in [0.05, 0.1) is 5.37 Å². The van der Waals surface area contributed by atoms with Crippen molar-refractivity contribution in [3.8, 4) is 0 Å². The molecule has 2 unspecified atom stereocenters. The van der Waals surface area contributed by atoms with Crippen LogP contribution in [0.25, 0.3) is 0 Å². The van der Waals surface area contributed by atoms with Gasteiger partial charge in [-0.15, -0.1) is 11.8 Å². The van der Waals surface area contributed by atoms with E-state index >= 15 is 0 Å². The highest BCUT2D eigenvalue weighted by molar-refractivity contribution is 7.99. The van der Waals surface area contributed by atoms with Gasteiger partial charge in [0.25, 0.3) is 0 Å². The third kappa shape index (κ3) is 2.34. The molecular formula is C12H16FNS. The lowest BCUT2D eigenvalue weighted by atomic mass is 10.1. The summed E-state index contributed by atoms with van der Waals surface area (Å²) >= 11 is 1.80. The number of rotatable bonds is 2. The number of benzene rings is 1. The van der Waals surface area contributed by atoms with E-state index in [0.717, 1.165) is 23.3 Å². The Kier molecular flexibility index (Phi) is 3.32. The molecule has 1 aliphatic rings. The molecule has 0 saturated carbocycles. The Morgan fingerprint density at radius 1 is 1.53 bits per heavy atom. The van der Waals surface area contributed by atoms with E-state index in [4.69, 9.17) is 0 Å². The van der Waals surface area contributed by atoms with E-state index in [-0.39, 0.29) is 11.2 Å². The van der Waals surface area contributed by atoms with Crippen molar-refractivity contribution < 1.29 is 4.39 Å². The third-order valence-corrected chi connectivity index (χ3v) is 4.10. The lowest BCUT2D eigenvalue weighted by Crippen LogP contribution is -2.25. The Morgan fingerprint density at radius 3 is 3.00 bits per heavy atom. The molecule has 0 spiro atoms. The van der Waals surface area contributed by atoms with Crippen molar-refractivity contribution in [2.24, 2.45) is 0 Å². The van der Waals surface area contributed by atoms with Crippen LogP contribution in [0.15, 0.2) is 18.2 Å². The minimum Gasteiger partial charge on any atom is -0.298 e. The normalized spacial score (nSPS) is 25.8. The summed E-state index contributed by atoms with van der Waals surface area (Å²) in [5, 5.41) is 3.58. The van der Waals surface area contributed by atoms with Crippen LogP contribution in [0.2, 0.25) is 0 Å². The predicted octanol–water partition coefficient (Wildman–Crippen LogP) is 3.25. The molecule has 0 aromatic heterocycles. The average Bonchev–Trinajstić information content (AvgIpc) is 2.70. The molecule has 0 bridgehead atoms. The fourth-order valence-corrected chi connectivity index (χ4v) is 3.21. The van der Waals surface area contributed by atoms with Gasteiger partial charge in [-0.1, -0.05) is 24.6 Å². The summed E-state index contributed by atoms with van der Waals surface area (Å²) in [5.74, 6) is 0.983. The van der Waals surface area contributed by atoms with Crippen LogP contribution < -0.4 is 5.32 Å². The maximum absolute atomic E-state index is 13.6.